The van der Waals surface area contributed by atoms with Crippen LogP contribution in [0.25, 0.3) is 0 Å². The second-order valence-corrected chi connectivity index (χ2v) is 4.30. The van der Waals surface area contributed by atoms with Gasteiger partial charge in [-0.25, -0.2) is 8.78 Å². The van der Waals surface area contributed by atoms with Crippen molar-refractivity contribution in [3.63, 3.8) is 0 Å². The van der Waals surface area contributed by atoms with Gasteiger partial charge in [0.15, 0.2) is 11.6 Å². The first kappa shape index (κ1) is 13.6. The van der Waals surface area contributed by atoms with E-state index in [-0.39, 0.29) is 6.04 Å². The predicted molar refractivity (Wildman–Crippen MR) is 68.0 cm³/mol. The Morgan fingerprint density at radius 2 is 2.16 bits per heavy atom. The number of halogens is 2. The Balaban J connectivity index is 2.17. The molecule has 6 heteroatoms. The van der Waals surface area contributed by atoms with E-state index in [9.17, 15) is 8.78 Å². The average molecular weight is 266 g/mol. The van der Waals surface area contributed by atoms with Crippen molar-refractivity contribution in [2.24, 2.45) is 5.84 Å². The van der Waals surface area contributed by atoms with Crippen molar-refractivity contribution in [2.45, 2.75) is 25.9 Å². The van der Waals surface area contributed by atoms with Gasteiger partial charge in [0, 0.05) is 12.7 Å². The molecule has 2 rings (SSSR count). The smallest absolute Gasteiger partial charge is 0.159 e. The fourth-order valence-electron chi connectivity index (χ4n) is 1.92. The second-order valence-electron chi connectivity index (χ2n) is 4.30. The van der Waals surface area contributed by atoms with E-state index in [0.717, 1.165) is 24.2 Å². The summed E-state index contributed by atoms with van der Waals surface area (Å²) in [5, 5.41) is 4.16. The lowest BCUT2D eigenvalue weighted by atomic mass is 10.0. The topological polar surface area (TPSA) is 55.9 Å². The first-order chi connectivity index (χ1) is 9.13. The third-order valence-electron chi connectivity index (χ3n) is 3.00. The summed E-state index contributed by atoms with van der Waals surface area (Å²) < 4.78 is 27.9. The lowest BCUT2D eigenvalue weighted by molar-refractivity contribution is 0.497. The number of aromatic nitrogens is 2. The molecule has 1 atom stereocenters. The lowest BCUT2D eigenvalue weighted by Crippen LogP contribution is -2.29. The van der Waals surface area contributed by atoms with E-state index < -0.39 is 11.6 Å². The van der Waals surface area contributed by atoms with Crippen molar-refractivity contribution >= 4 is 0 Å². The molecule has 0 aliphatic rings. The molecule has 0 saturated heterocycles. The number of hydrogen-bond donors (Lipinski definition) is 2. The number of aryl methyl sites for hydroxylation is 1. The lowest BCUT2D eigenvalue weighted by Gasteiger charge is -2.15. The molecule has 0 radical (unpaired) electrons. The first-order valence-electron chi connectivity index (χ1n) is 6.06. The SMILES string of the molecule is CCn1cc(CC(NN)c2ccc(F)c(F)c2)cn1. The molecule has 0 spiro atoms. The van der Waals surface area contributed by atoms with Crippen LogP contribution in [-0.2, 0) is 13.0 Å². The number of nitrogens with one attached hydrogen (secondary N) is 1. The molecule has 1 heterocycles. The van der Waals surface area contributed by atoms with Crippen molar-refractivity contribution in [3.8, 4) is 0 Å². The molecule has 3 N–H and O–H groups in total. The van der Waals surface area contributed by atoms with Gasteiger partial charge < -0.3 is 0 Å². The molecule has 0 aliphatic carbocycles. The van der Waals surface area contributed by atoms with Crippen molar-refractivity contribution in [3.05, 3.63) is 53.4 Å². The monoisotopic (exact) mass is 266 g/mol. The predicted octanol–water partition coefficient (Wildman–Crippen LogP) is 1.93. The summed E-state index contributed by atoms with van der Waals surface area (Å²) in [7, 11) is 0. The van der Waals surface area contributed by atoms with Gasteiger partial charge in [0.1, 0.15) is 0 Å². The molecule has 0 amide bonds. The first-order valence-corrected chi connectivity index (χ1v) is 6.06. The van der Waals surface area contributed by atoms with E-state index >= 15 is 0 Å². The maximum Gasteiger partial charge on any atom is 0.159 e. The minimum absolute atomic E-state index is 0.287. The van der Waals surface area contributed by atoms with Gasteiger partial charge in [0.05, 0.1) is 12.2 Å². The molecule has 0 aliphatic heterocycles. The molecular weight excluding hydrogens is 250 g/mol. The number of rotatable bonds is 5. The van der Waals surface area contributed by atoms with Crippen LogP contribution in [0.4, 0.5) is 8.78 Å². The summed E-state index contributed by atoms with van der Waals surface area (Å²) in [6.07, 6.45) is 4.21. The Labute approximate surface area is 110 Å². The van der Waals surface area contributed by atoms with Crippen LogP contribution in [0.5, 0.6) is 0 Å². The maximum atomic E-state index is 13.2. The summed E-state index contributed by atoms with van der Waals surface area (Å²) in [5.74, 6) is 3.75. The van der Waals surface area contributed by atoms with Crippen molar-refractivity contribution in [1.82, 2.24) is 15.2 Å². The van der Waals surface area contributed by atoms with Gasteiger partial charge in [-0.05, 0) is 36.6 Å². The van der Waals surface area contributed by atoms with Crippen LogP contribution < -0.4 is 11.3 Å². The van der Waals surface area contributed by atoms with Crippen LogP contribution >= 0.6 is 0 Å². The summed E-state index contributed by atoms with van der Waals surface area (Å²) in [5.41, 5.74) is 4.20. The standard InChI is InChI=1S/C13H16F2N4/c1-2-19-8-9(7-17-19)5-13(18-16)10-3-4-11(14)12(15)6-10/h3-4,6-8,13,18H,2,5,16H2,1H3. The molecule has 1 aromatic heterocycles. The zero-order valence-corrected chi connectivity index (χ0v) is 10.6. The van der Waals surface area contributed by atoms with Crippen LogP contribution in [0, 0.1) is 11.6 Å². The van der Waals surface area contributed by atoms with Crippen LogP contribution in [0.15, 0.2) is 30.6 Å². The highest BCUT2D eigenvalue weighted by Gasteiger charge is 2.14. The third-order valence-corrected chi connectivity index (χ3v) is 3.00. The van der Waals surface area contributed by atoms with Gasteiger partial charge in [-0.3, -0.25) is 16.0 Å². The van der Waals surface area contributed by atoms with Crippen molar-refractivity contribution < 1.29 is 8.78 Å². The van der Waals surface area contributed by atoms with E-state index in [1.165, 1.54) is 6.07 Å². The summed E-state index contributed by atoms with van der Waals surface area (Å²) in [6.45, 7) is 2.77. The van der Waals surface area contributed by atoms with Crippen LogP contribution in [0.1, 0.15) is 24.1 Å². The van der Waals surface area contributed by atoms with Gasteiger partial charge >= 0.3 is 0 Å². The molecule has 2 aromatic rings. The zero-order chi connectivity index (χ0) is 13.8. The molecule has 1 aromatic carbocycles. The van der Waals surface area contributed by atoms with Crippen molar-refractivity contribution in [2.75, 3.05) is 0 Å². The fraction of sp³-hybridized carbons (Fsp3) is 0.308. The number of hydrazine groups is 1. The Morgan fingerprint density at radius 3 is 2.74 bits per heavy atom. The minimum Gasteiger partial charge on any atom is -0.273 e. The van der Waals surface area contributed by atoms with E-state index in [1.54, 1.807) is 10.9 Å². The minimum atomic E-state index is -0.873. The quantitative estimate of drug-likeness (QED) is 0.642. The summed E-state index contributed by atoms with van der Waals surface area (Å²) in [4.78, 5) is 0. The van der Waals surface area contributed by atoms with Crippen molar-refractivity contribution in [1.29, 1.82) is 0 Å². The normalized spacial score (nSPS) is 12.6. The van der Waals surface area contributed by atoms with E-state index in [4.69, 9.17) is 5.84 Å². The van der Waals surface area contributed by atoms with E-state index in [0.29, 0.717) is 12.0 Å². The summed E-state index contributed by atoms with van der Waals surface area (Å²) in [6, 6.07) is 3.49. The van der Waals surface area contributed by atoms with Gasteiger partial charge in [0.2, 0.25) is 0 Å². The maximum absolute atomic E-state index is 13.2. The second kappa shape index (κ2) is 5.90. The van der Waals surface area contributed by atoms with Gasteiger partial charge in [0.25, 0.3) is 0 Å². The highest BCUT2D eigenvalue weighted by atomic mass is 19.2. The molecule has 102 valence electrons. The Morgan fingerprint density at radius 1 is 1.37 bits per heavy atom. The van der Waals surface area contributed by atoms with Crippen LogP contribution in [0.2, 0.25) is 0 Å². The molecular formula is C13H16F2N4. The van der Waals surface area contributed by atoms with Gasteiger partial charge in [-0.1, -0.05) is 6.07 Å². The number of nitrogens with zero attached hydrogens (tertiary/aromatic N) is 2. The van der Waals surface area contributed by atoms with Crippen LogP contribution in [-0.4, -0.2) is 9.78 Å². The molecule has 0 bridgehead atoms. The van der Waals surface area contributed by atoms with E-state index in [2.05, 4.69) is 10.5 Å². The Kier molecular flexibility index (Phi) is 4.24. The van der Waals surface area contributed by atoms with Gasteiger partial charge in [-0.15, -0.1) is 0 Å². The molecule has 4 nitrogen and oxygen atoms in total. The zero-order valence-electron chi connectivity index (χ0n) is 10.6. The molecule has 0 saturated carbocycles. The molecule has 1 unspecified atom stereocenters. The summed E-state index contributed by atoms with van der Waals surface area (Å²) >= 11 is 0. The van der Waals surface area contributed by atoms with Crippen LogP contribution in [0.3, 0.4) is 0 Å². The largest absolute Gasteiger partial charge is 0.273 e. The number of nitrogens with two attached hydrogens (primary N) is 1. The molecule has 19 heavy (non-hydrogen) atoms. The average Bonchev–Trinajstić information content (AvgIpc) is 2.87. The van der Waals surface area contributed by atoms with E-state index in [1.807, 2.05) is 13.1 Å². The Hall–Kier alpha value is -1.79. The number of benzene rings is 1. The highest BCUT2D eigenvalue weighted by Crippen LogP contribution is 2.19. The molecule has 0 fully saturated rings. The third kappa shape index (κ3) is 3.15. The highest BCUT2D eigenvalue weighted by molar-refractivity contribution is 5.23. The Bertz CT molecular complexity index is 553. The fourth-order valence-corrected chi connectivity index (χ4v) is 1.92. The number of hydrogen-bond acceptors (Lipinski definition) is 3. The van der Waals surface area contributed by atoms with Gasteiger partial charge in [-0.2, -0.15) is 5.10 Å².